The van der Waals surface area contributed by atoms with E-state index in [1.807, 2.05) is 30.3 Å². The first-order chi connectivity index (χ1) is 11.7. The highest BCUT2D eigenvalue weighted by molar-refractivity contribution is 6.30. The van der Waals surface area contributed by atoms with Crippen molar-refractivity contribution in [1.82, 2.24) is 4.90 Å². The van der Waals surface area contributed by atoms with E-state index in [1.165, 1.54) is 13.2 Å². The van der Waals surface area contributed by atoms with Crippen LogP contribution in [0.4, 0.5) is 4.39 Å². The number of nitrogens with zero attached hydrogens (tertiary/aromatic N) is 1. The third kappa shape index (κ3) is 3.35. The van der Waals surface area contributed by atoms with Crippen molar-refractivity contribution in [3.05, 3.63) is 47.0 Å². The number of methoxy groups -OCH3 is 1. The number of halogens is 2. The van der Waals surface area contributed by atoms with Gasteiger partial charge in [0.2, 0.25) is 0 Å². The highest BCUT2D eigenvalue weighted by Gasteiger charge is 2.50. The first-order valence-corrected chi connectivity index (χ1v) is 8.83. The normalized spacial score (nSPS) is 30.0. The van der Waals surface area contributed by atoms with Crippen molar-refractivity contribution in [2.45, 2.75) is 37.3 Å². The minimum Gasteiger partial charge on any atom is -0.469 e. The Labute approximate surface area is 147 Å². The smallest absolute Gasteiger partial charge is 0.310 e. The van der Waals surface area contributed by atoms with E-state index in [-0.39, 0.29) is 23.8 Å². The Morgan fingerprint density at radius 2 is 2.08 bits per heavy atom. The third-order valence-corrected chi connectivity index (χ3v) is 5.66. The number of esters is 1. The van der Waals surface area contributed by atoms with Gasteiger partial charge in [-0.2, -0.15) is 0 Å². The molecule has 0 aliphatic carbocycles. The van der Waals surface area contributed by atoms with Crippen molar-refractivity contribution >= 4 is 17.6 Å². The van der Waals surface area contributed by atoms with Crippen LogP contribution in [-0.4, -0.2) is 43.3 Å². The molecule has 130 valence electrons. The Morgan fingerprint density at radius 1 is 1.33 bits per heavy atom. The summed E-state index contributed by atoms with van der Waals surface area (Å²) < 4.78 is 17.5. The zero-order valence-electron chi connectivity index (χ0n) is 13.8. The van der Waals surface area contributed by atoms with E-state index in [0.717, 1.165) is 24.8 Å². The van der Waals surface area contributed by atoms with Gasteiger partial charge in [0.05, 0.1) is 13.0 Å². The van der Waals surface area contributed by atoms with E-state index < -0.39 is 6.67 Å². The number of ether oxygens (including phenoxy) is 1. The van der Waals surface area contributed by atoms with E-state index in [4.69, 9.17) is 16.3 Å². The molecule has 2 bridgehead atoms. The fourth-order valence-corrected chi connectivity index (χ4v) is 4.49. The standard InChI is InChI=1S/C19H23ClFNO2/c1-24-19(23)18-16(13-4-6-14(20)7-5-13)12-15-8-9-17(18)22(15)11-3-2-10-21/h2-7,15-18H,8-12H2,1H3/b3-2+/t15?,16-,17?,18+/m1/s1/i21-1. The van der Waals surface area contributed by atoms with E-state index in [0.29, 0.717) is 17.6 Å². The molecule has 1 aromatic carbocycles. The predicted molar refractivity (Wildman–Crippen MR) is 92.9 cm³/mol. The fourth-order valence-electron chi connectivity index (χ4n) is 4.37. The number of fused-ring (bicyclic) bond motifs is 2. The second kappa shape index (κ2) is 7.66. The molecule has 0 N–H and O–H groups in total. The molecule has 0 radical (unpaired) electrons. The molecule has 0 spiro atoms. The molecule has 2 aliphatic heterocycles. The SMILES string of the molecule is COC(=O)[C@@H]1C2CCC(C[C@@H]1c1ccc(Cl)cc1)N2C/C=C/C[18F]. The van der Waals surface area contributed by atoms with Crippen molar-refractivity contribution in [2.75, 3.05) is 20.3 Å². The Bertz CT molecular complexity index is 604. The lowest BCUT2D eigenvalue weighted by molar-refractivity contribution is -0.150. The summed E-state index contributed by atoms with van der Waals surface area (Å²) >= 11 is 6.00. The van der Waals surface area contributed by atoms with Crippen LogP contribution in [0.3, 0.4) is 0 Å². The Balaban J connectivity index is 1.87. The summed E-state index contributed by atoms with van der Waals surface area (Å²) in [6.07, 6.45) is 6.38. The molecule has 2 fully saturated rings. The van der Waals surface area contributed by atoms with E-state index >= 15 is 0 Å². The van der Waals surface area contributed by atoms with Gasteiger partial charge in [-0.1, -0.05) is 35.9 Å². The molecule has 0 aromatic heterocycles. The average Bonchev–Trinajstić information content (AvgIpc) is 2.87. The predicted octanol–water partition coefficient (Wildman–Crippen LogP) is 3.98. The van der Waals surface area contributed by atoms with Crippen molar-refractivity contribution in [1.29, 1.82) is 0 Å². The van der Waals surface area contributed by atoms with Gasteiger partial charge in [0.25, 0.3) is 0 Å². The fraction of sp³-hybridized carbons (Fsp3) is 0.526. The number of hydrogen-bond donors (Lipinski definition) is 0. The monoisotopic (exact) mass is 350 g/mol. The van der Waals surface area contributed by atoms with Gasteiger partial charge >= 0.3 is 5.97 Å². The maximum Gasteiger partial charge on any atom is 0.310 e. The highest BCUT2D eigenvalue weighted by atomic mass is 35.5. The van der Waals surface area contributed by atoms with Crippen molar-refractivity contribution < 1.29 is 13.9 Å². The van der Waals surface area contributed by atoms with Gasteiger partial charge in [-0.25, -0.2) is 4.39 Å². The lowest BCUT2D eigenvalue weighted by Gasteiger charge is -2.43. The summed E-state index contributed by atoms with van der Waals surface area (Å²) in [5.74, 6) is -0.193. The molecule has 3 rings (SSSR count). The second-order valence-electron chi connectivity index (χ2n) is 6.56. The van der Waals surface area contributed by atoms with Crippen LogP contribution < -0.4 is 0 Å². The summed E-state index contributed by atoms with van der Waals surface area (Å²) in [5, 5.41) is 0.699. The van der Waals surface area contributed by atoms with Crippen LogP contribution in [0, 0.1) is 5.92 Å². The van der Waals surface area contributed by atoms with Gasteiger partial charge < -0.3 is 4.74 Å². The molecule has 3 nitrogen and oxygen atoms in total. The molecule has 1 aromatic rings. The lowest BCUT2D eigenvalue weighted by Crippen LogP contribution is -2.50. The number of carbonyl (C=O) groups is 1. The van der Waals surface area contributed by atoms with E-state index in [2.05, 4.69) is 4.90 Å². The van der Waals surface area contributed by atoms with Gasteiger partial charge in [0.1, 0.15) is 6.67 Å². The zero-order chi connectivity index (χ0) is 17.1. The Kier molecular flexibility index (Phi) is 5.57. The zero-order valence-corrected chi connectivity index (χ0v) is 14.6. The van der Waals surface area contributed by atoms with Gasteiger partial charge in [0, 0.05) is 29.6 Å². The number of benzene rings is 1. The van der Waals surface area contributed by atoms with Gasteiger partial charge in [-0.05, 0) is 37.0 Å². The molecule has 5 heteroatoms. The first-order valence-electron chi connectivity index (χ1n) is 8.45. The van der Waals surface area contributed by atoms with E-state index in [9.17, 15) is 9.18 Å². The molecule has 24 heavy (non-hydrogen) atoms. The van der Waals surface area contributed by atoms with Crippen LogP contribution in [-0.2, 0) is 9.53 Å². The maximum atomic E-state index is 12.5. The van der Waals surface area contributed by atoms with Gasteiger partial charge in [-0.3, -0.25) is 9.69 Å². The molecule has 0 saturated carbocycles. The van der Waals surface area contributed by atoms with Crippen LogP contribution in [0.15, 0.2) is 36.4 Å². The lowest BCUT2D eigenvalue weighted by atomic mass is 9.76. The molecular formula is C19H23ClFNO2. The van der Waals surface area contributed by atoms with E-state index in [1.54, 1.807) is 0 Å². The summed E-state index contributed by atoms with van der Waals surface area (Å²) in [7, 11) is 1.45. The van der Waals surface area contributed by atoms with Crippen molar-refractivity contribution in [2.24, 2.45) is 5.92 Å². The Hall–Kier alpha value is -1.39. The van der Waals surface area contributed by atoms with Crippen LogP contribution in [0.1, 0.15) is 30.7 Å². The quantitative estimate of drug-likeness (QED) is 0.594. The molecule has 2 aliphatic rings. The number of carbonyl (C=O) groups excluding carboxylic acids is 1. The molecule has 2 unspecified atom stereocenters. The van der Waals surface area contributed by atoms with Crippen LogP contribution >= 0.6 is 11.6 Å². The summed E-state index contributed by atoms with van der Waals surface area (Å²) in [6.45, 7) is 0.247. The summed E-state index contributed by atoms with van der Waals surface area (Å²) in [6, 6.07) is 8.37. The molecule has 0 amide bonds. The average molecular weight is 351 g/mol. The third-order valence-electron chi connectivity index (χ3n) is 5.41. The molecule has 4 atom stereocenters. The second-order valence-corrected chi connectivity index (χ2v) is 7.00. The largest absolute Gasteiger partial charge is 0.469 e. The first kappa shape index (κ1) is 17.4. The number of allylic oxidation sites excluding steroid dienone is 1. The van der Waals surface area contributed by atoms with Gasteiger partial charge in [-0.15, -0.1) is 0 Å². The van der Waals surface area contributed by atoms with Crippen molar-refractivity contribution in [3.63, 3.8) is 0 Å². The number of hydrogen-bond acceptors (Lipinski definition) is 3. The number of alkyl halides is 1. The minimum absolute atomic E-state index is 0.147. The topological polar surface area (TPSA) is 29.5 Å². The number of piperidine rings is 1. The summed E-state index contributed by atoms with van der Waals surface area (Å²) in [4.78, 5) is 14.9. The van der Waals surface area contributed by atoms with Crippen molar-refractivity contribution in [3.8, 4) is 0 Å². The molecular weight excluding hydrogens is 328 g/mol. The van der Waals surface area contributed by atoms with Crippen LogP contribution in [0.25, 0.3) is 0 Å². The number of rotatable bonds is 5. The Morgan fingerprint density at radius 3 is 2.75 bits per heavy atom. The molecule has 2 saturated heterocycles. The van der Waals surface area contributed by atoms with Crippen LogP contribution in [0.2, 0.25) is 5.02 Å². The van der Waals surface area contributed by atoms with Crippen LogP contribution in [0.5, 0.6) is 0 Å². The van der Waals surface area contributed by atoms with Gasteiger partial charge in [0.15, 0.2) is 0 Å². The highest BCUT2D eigenvalue weighted by Crippen LogP contribution is 2.47. The summed E-state index contributed by atoms with van der Waals surface area (Å²) in [5.41, 5.74) is 1.14. The maximum absolute atomic E-state index is 12.5. The minimum atomic E-state index is -0.447. The molecule has 2 heterocycles.